The van der Waals surface area contributed by atoms with Gasteiger partial charge in [0.2, 0.25) is 5.95 Å². The second-order valence-electron chi connectivity index (χ2n) is 7.60. The van der Waals surface area contributed by atoms with Crippen LogP contribution in [-0.4, -0.2) is 49.2 Å². The fraction of sp³-hybridized carbons (Fsp3) is 0.381. The molecule has 0 radical (unpaired) electrons. The number of anilines is 1. The van der Waals surface area contributed by atoms with E-state index in [1.165, 1.54) is 16.8 Å². The van der Waals surface area contributed by atoms with Crippen LogP contribution in [0.15, 0.2) is 35.1 Å². The van der Waals surface area contributed by atoms with Crippen LogP contribution in [-0.2, 0) is 6.18 Å². The van der Waals surface area contributed by atoms with Crippen LogP contribution in [0.3, 0.4) is 0 Å². The number of aromatic nitrogens is 4. The Morgan fingerprint density at radius 3 is 2.58 bits per heavy atom. The first kappa shape index (κ1) is 24.0. The number of hydrogen-bond donors (Lipinski definition) is 1. The third-order valence-corrected chi connectivity index (χ3v) is 6.95. The zero-order chi connectivity index (χ0) is 23.8. The van der Waals surface area contributed by atoms with Gasteiger partial charge in [-0.1, -0.05) is 18.0 Å². The Bertz CT molecular complexity index is 1140. The summed E-state index contributed by atoms with van der Waals surface area (Å²) in [5.41, 5.74) is -1.19. The highest BCUT2D eigenvalue weighted by atomic mass is 79.9. The molecule has 2 aromatic heterocycles. The molecule has 0 unspecified atom stereocenters. The second kappa shape index (κ2) is 9.59. The van der Waals surface area contributed by atoms with Gasteiger partial charge < -0.3 is 9.88 Å². The van der Waals surface area contributed by atoms with Crippen molar-refractivity contribution >= 4 is 33.8 Å². The van der Waals surface area contributed by atoms with E-state index < -0.39 is 17.6 Å². The van der Waals surface area contributed by atoms with Crippen molar-refractivity contribution in [1.29, 1.82) is 0 Å². The van der Waals surface area contributed by atoms with Gasteiger partial charge in [0.1, 0.15) is 22.8 Å². The Morgan fingerprint density at radius 2 is 1.91 bits per heavy atom. The van der Waals surface area contributed by atoms with Crippen molar-refractivity contribution in [2.24, 2.45) is 0 Å². The molecular formula is C21H21BrF4N6S. The van der Waals surface area contributed by atoms with Gasteiger partial charge in [-0.2, -0.15) is 13.2 Å². The molecule has 0 aliphatic carbocycles. The zero-order valence-electron chi connectivity index (χ0n) is 17.8. The Balaban J connectivity index is 1.70. The molecular weight excluding hydrogens is 524 g/mol. The van der Waals surface area contributed by atoms with Gasteiger partial charge >= 0.3 is 6.18 Å². The summed E-state index contributed by atoms with van der Waals surface area (Å²) in [6, 6.07) is 4.77. The number of benzene rings is 1. The van der Waals surface area contributed by atoms with E-state index in [-0.39, 0.29) is 33.5 Å². The molecule has 0 bridgehead atoms. The summed E-state index contributed by atoms with van der Waals surface area (Å²) < 4.78 is 59.7. The molecule has 3 aromatic rings. The predicted molar refractivity (Wildman–Crippen MR) is 124 cm³/mol. The number of alkyl halides is 3. The molecule has 4 rings (SSSR count). The number of hydrogen-bond acceptors (Lipinski definition) is 6. The van der Waals surface area contributed by atoms with Gasteiger partial charge in [0.05, 0.1) is 10.2 Å². The molecule has 0 amide bonds. The number of nitrogens with zero attached hydrogens (tertiary/aromatic N) is 5. The van der Waals surface area contributed by atoms with Crippen molar-refractivity contribution in [2.45, 2.75) is 32.0 Å². The summed E-state index contributed by atoms with van der Waals surface area (Å²) in [5, 5.41) is 3.16. The minimum Gasteiger partial charge on any atom is -0.351 e. The Hall–Kier alpha value is -2.18. The van der Waals surface area contributed by atoms with Crippen LogP contribution in [0.5, 0.6) is 0 Å². The Labute approximate surface area is 201 Å². The average molecular weight is 545 g/mol. The van der Waals surface area contributed by atoms with E-state index in [0.29, 0.717) is 5.82 Å². The molecule has 176 valence electrons. The number of nitrogens with one attached hydrogen (secondary N) is 1. The van der Waals surface area contributed by atoms with Crippen LogP contribution in [0.1, 0.15) is 24.2 Å². The van der Waals surface area contributed by atoms with E-state index in [0.717, 1.165) is 32.1 Å². The van der Waals surface area contributed by atoms with Gasteiger partial charge in [0, 0.05) is 31.5 Å². The van der Waals surface area contributed by atoms with Gasteiger partial charge in [0.25, 0.3) is 0 Å². The van der Waals surface area contributed by atoms with Gasteiger partial charge in [-0.3, -0.25) is 4.31 Å². The lowest BCUT2D eigenvalue weighted by atomic mass is 10.1. The number of piperidine rings is 1. The summed E-state index contributed by atoms with van der Waals surface area (Å²) in [5.74, 6) is -0.101. The lowest BCUT2D eigenvalue weighted by molar-refractivity contribution is -0.137. The van der Waals surface area contributed by atoms with Crippen LogP contribution in [0.2, 0.25) is 0 Å². The lowest BCUT2D eigenvalue weighted by Gasteiger charge is -2.30. The molecule has 0 atom stereocenters. The van der Waals surface area contributed by atoms with E-state index in [9.17, 15) is 17.6 Å². The zero-order valence-corrected chi connectivity index (χ0v) is 20.2. The molecule has 1 fully saturated rings. The topological polar surface area (TPSA) is 58.9 Å². The molecule has 12 heteroatoms. The van der Waals surface area contributed by atoms with Gasteiger partial charge in [-0.05, 0) is 54.1 Å². The standard InChI is InChI=1S/C21H21BrF4N6S/c1-12-28-16(11-32(12)17-5-3-4-15(22)18(17)23)19-14(21(24,25)26)10-27-20(30-19)29-13-6-8-31(33-2)9-7-13/h3-5,10-11,13H,6-9H2,1-2H3,(H,27,29,30). The maximum absolute atomic E-state index is 14.6. The first-order valence-corrected chi connectivity index (χ1v) is 12.2. The highest BCUT2D eigenvalue weighted by Crippen LogP contribution is 2.36. The Kier molecular flexibility index (Phi) is 6.96. The molecule has 1 aliphatic heterocycles. The summed E-state index contributed by atoms with van der Waals surface area (Å²) in [6.45, 7) is 3.33. The van der Waals surface area contributed by atoms with Crippen molar-refractivity contribution in [3.8, 4) is 17.1 Å². The van der Waals surface area contributed by atoms with E-state index in [1.807, 2.05) is 6.26 Å². The quantitative estimate of drug-likeness (QED) is 0.328. The van der Waals surface area contributed by atoms with Crippen molar-refractivity contribution in [1.82, 2.24) is 23.8 Å². The number of aryl methyl sites for hydroxylation is 1. The maximum Gasteiger partial charge on any atom is 0.420 e. The normalized spacial score (nSPS) is 15.7. The van der Waals surface area contributed by atoms with Crippen LogP contribution in [0.25, 0.3) is 17.1 Å². The first-order valence-electron chi connectivity index (χ1n) is 10.2. The van der Waals surface area contributed by atoms with Crippen molar-refractivity contribution < 1.29 is 17.6 Å². The van der Waals surface area contributed by atoms with E-state index >= 15 is 0 Å². The number of imidazole rings is 1. The fourth-order valence-electron chi connectivity index (χ4n) is 3.73. The molecule has 1 aliphatic rings. The second-order valence-corrected chi connectivity index (χ2v) is 9.34. The lowest BCUT2D eigenvalue weighted by Crippen LogP contribution is -2.35. The first-order chi connectivity index (χ1) is 15.7. The van der Waals surface area contributed by atoms with Crippen LogP contribution < -0.4 is 5.32 Å². The molecule has 6 nitrogen and oxygen atoms in total. The maximum atomic E-state index is 14.6. The molecule has 3 heterocycles. The van der Waals surface area contributed by atoms with Crippen molar-refractivity contribution in [3.63, 3.8) is 0 Å². The molecule has 33 heavy (non-hydrogen) atoms. The van der Waals surface area contributed by atoms with E-state index in [2.05, 4.69) is 40.5 Å². The molecule has 0 spiro atoms. The third kappa shape index (κ3) is 5.17. The highest BCUT2D eigenvalue weighted by Gasteiger charge is 2.36. The summed E-state index contributed by atoms with van der Waals surface area (Å²) >= 11 is 4.80. The number of halogens is 5. The summed E-state index contributed by atoms with van der Waals surface area (Å²) in [4.78, 5) is 12.4. The smallest absolute Gasteiger partial charge is 0.351 e. The molecule has 1 N–H and O–H groups in total. The van der Waals surface area contributed by atoms with Crippen molar-refractivity contribution in [2.75, 3.05) is 24.7 Å². The van der Waals surface area contributed by atoms with Crippen molar-refractivity contribution in [3.05, 3.63) is 52.3 Å². The Morgan fingerprint density at radius 1 is 1.18 bits per heavy atom. The highest BCUT2D eigenvalue weighted by molar-refractivity contribution is 9.10. The third-order valence-electron chi connectivity index (χ3n) is 5.46. The average Bonchev–Trinajstić information content (AvgIpc) is 3.16. The minimum absolute atomic E-state index is 0.0122. The predicted octanol–water partition coefficient (Wildman–Crippen LogP) is 5.71. The van der Waals surface area contributed by atoms with Crippen LogP contribution >= 0.6 is 27.9 Å². The minimum atomic E-state index is -4.67. The largest absolute Gasteiger partial charge is 0.420 e. The summed E-state index contributed by atoms with van der Waals surface area (Å²) in [6.07, 6.45) is 1.14. The molecule has 0 saturated carbocycles. The van der Waals surface area contributed by atoms with Gasteiger partial charge in [-0.15, -0.1) is 0 Å². The van der Waals surface area contributed by atoms with Gasteiger partial charge in [0.15, 0.2) is 5.82 Å². The van der Waals surface area contributed by atoms with Crippen LogP contribution in [0.4, 0.5) is 23.5 Å². The monoisotopic (exact) mass is 544 g/mol. The molecule has 1 aromatic carbocycles. The van der Waals surface area contributed by atoms with E-state index in [4.69, 9.17) is 0 Å². The number of rotatable bonds is 5. The fourth-order valence-corrected chi connectivity index (χ4v) is 4.66. The van der Waals surface area contributed by atoms with Crippen LogP contribution in [0, 0.1) is 12.7 Å². The molecule has 1 saturated heterocycles. The SMILES string of the molecule is CSN1CCC(Nc2ncc(C(F)(F)F)c(-c3cn(-c4cccc(Br)c4F)c(C)n3)n2)CC1. The van der Waals surface area contributed by atoms with Gasteiger partial charge in [-0.25, -0.2) is 19.3 Å². The van der Waals surface area contributed by atoms with E-state index in [1.54, 1.807) is 31.0 Å². The summed E-state index contributed by atoms with van der Waals surface area (Å²) in [7, 11) is 0.